The summed E-state index contributed by atoms with van der Waals surface area (Å²) < 4.78 is 1.99. The first-order chi connectivity index (χ1) is 11.3. The third-order valence-electron chi connectivity index (χ3n) is 5.40. The van der Waals surface area contributed by atoms with Crippen molar-refractivity contribution in [1.29, 1.82) is 0 Å². The number of aromatic nitrogens is 4. The quantitative estimate of drug-likeness (QED) is 0.378. The molecule has 4 nitrogen and oxygen atoms in total. The fraction of sp³-hybridized carbons (Fsp3) is 0.947. The zero-order valence-corrected chi connectivity index (χ0v) is 15.8. The molecule has 0 saturated heterocycles. The van der Waals surface area contributed by atoms with E-state index in [1.165, 1.54) is 77.0 Å². The fourth-order valence-corrected chi connectivity index (χ4v) is 3.54. The van der Waals surface area contributed by atoms with Gasteiger partial charge in [-0.2, -0.15) is 0 Å². The predicted molar refractivity (Wildman–Crippen MR) is 97.5 cm³/mol. The average molecular weight is 323 g/mol. The van der Waals surface area contributed by atoms with Crippen molar-refractivity contribution in [1.82, 2.24) is 20.2 Å². The molecule has 1 heterocycles. The molecule has 1 aromatic heterocycles. The lowest BCUT2D eigenvalue weighted by atomic mass is 9.87. The topological polar surface area (TPSA) is 43.6 Å². The molecule has 0 bridgehead atoms. The highest BCUT2D eigenvalue weighted by Crippen LogP contribution is 2.30. The first-order valence-corrected chi connectivity index (χ1v) is 10.0. The normalized spacial score (nSPS) is 12.0. The van der Waals surface area contributed by atoms with Gasteiger partial charge in [0.2, 0.25) is 0 Å². The lowest BCUT2D eigenvalue weighted by Crippen LogP contribution is -2.33. The minimum atomic E-state index is 0.128. The van der Waals surface area contributed by atoms with Crippen molar-refractivity contribution >= 4 is 0 Å². The molecule has 0 saturated carbocycles. The van der Waals surface area contributed by atoms with Gasteiger partial charge in [-0.25, -0.2) is 4.68 Å². The summed E-state index contributed by atoms with van der Waals surface area (Å²) >= 11 is 0. The molecule has 1 rings (SSSR count). The summed E-state index contributed by atoms with van der Waals surface area (Å²) in [4.78, 5) is 0. The van der Waals surface area contributed by atoms with Gasteiger partial charge in [0, 0.05) is 0 Å². The molecule has 0 aliphatic heterocycles. The van der Waals surface area contributed by atoms with Crippen molar-refractivity contribution in [3.63, 3.8) is 0 Å². The van der Waals surface area contributed by atoms with Crippen LogP contribution in [0.3, 0.4) is 0 Å². The highest BCUT2D eigenvalue weighted by atomic mass is 15.5. The minimum absolute atomic E-state index is 0.128. The van der Waals surface area contributed by atoms with Crippen molar-refractivity contribution in [3.8, 4) is 0 Å². The Morgan fingerprint density at radius 1 is 0.739 bits per heavy atom. The van der Waals surface area contributed by atoms with Crippen LogP contribution < -0.4 is 0 Å². The molecule has 0 fully saturated rings. The van der Waals surface area contributed by atoms with Crippen LogP contribution in [0, 0.1) is 0 Å². The monoisotopic (exact) mass is 322 g/mol. The molecular weight excluding hydrogens is 284 g/mol. The van der Waals surface area contributed by atoms with Crippen LogP contribution in [-0.4, -0.2) is 20.2 Å². The highest BCUT2D eigenvalue weighted by molar-refractivity contribution is 4.82. The molecule has 0 atom stereocenters. The van der Waals surface area contributed by atoms with Gasteiger partial charge < -0.3 is 0 Å². The lowest BCUT2D eigenvalue weighted by Gasteiger charge is -2.31. The molecule has 134 valence electrons. The fourth-order valence-electron chi connectivity index (χ4n) is 3.54. The molecule has 0 radical (unpaired) electrons. The Bertz CT molecular complexity index is 357. The van der Waals surface area contributed by atoms with Crippen LogP contribution in [0.4, 0.5) is 0 Å². The van der Waals surface area contributed by atoms with E-state index in [4.69, 9.17) is 0 Å². The molecule has 0 unspecified atom stereocenters. The maximum atomic E-state index is 4.16. The van der Waals surface area contributed by atoms with E-state index in [1.54, 1.807) is 6.33 Å². The molecular formula is C19H38N4. The van der Waals surface area contributed by atoms with E-state index in [-0.39, 0.29) is 5.54 Å². The Morgan fingerprint density at radius 3 is 1.70 bits per heavy atom. The minimum Gasteiger partial charge on any atom is -0.226 e. The van der Waals surface area contributed by atoms with Crippen molar-refractivity contribution in [2.45, 2.75) is 116 Å². The lowest BCUT2D eigenvalue weighted by molar-refractivity contribution is 0.203. The molecule has 0 aromatic carbocycles. The van der Waals surface area contributed by atoms with E-state index >= 15 is 0 Å². The van der Waals surface area contributed by atoms with Gasteiger partial charge in [0.25, 0.3) is 0 Å². The second kappa shape index (κ2) is 12.5. The summed E-state index contributed by atoms with van der Waals surface area (Å²) in [5.74, 6) is 0. The van der Waals surface area contributed by atoms with E-state index in [1.807, 2.05) is 4.68 Å². The molecule has 4 heteroatoms. The van der Waals surface area contributed by atoms with Gasteiger partial charge in [-0.3, -0.25) is 0 Å². The third-order valence-corrected chi connectivity index (χ3v) is 5.40. The van der Waals surface area contributed by atoms with Crippen LogP contribution >= 0.6 is 0 Å². The van der Waals surface area contributed by atoms with Gasteiger partial charge in [-0.1, -0.05) is 91.4 Å². The zero-order valence-electron chi connectivity index (χ0n) is 15.8. The Labute approximate surface area is 143 Å². The third kappa shape index (κ3) is 7.45. The zero-order chi connectivity index (χ0) is 16.8. The summed E-state index contributed by atoms with van der Waals surface area (Å²) in [6, 6.07) is 0. The molecule has 0 amide bonds. The smallest absolute Gasteiger partial charge is 0.138 e. The van der Waals surface area contributed by atoms with Crippen LogP contribution in [0.15, 0.2) is 6.33 Å². The predicted octanol–water partition coefficient (Wildman–Crippen LogP) is 5.89. The van der Waals surface area contributed by atoms with E-state index in [0.29, 0.717) is 0 Å². The standard InChI is InChI=1S/C19H38N4/c1-4-7-8-9-10-11-12-13-14-15-16-17-19(5-2,6-3)23-18-20-21-22-23/h18H,4-17H2,1-3H3. The van der Waals surface area contributed by atoms with Gasteiger partial charge in [0.1, 0.15) is 6.33 Å². The summed E-state index contributed by atoms with van der Waals surface area (Å²) in [5, 5.41) is 11.8. The van der Waals surface area contributed by atoms with Crippen molar-refractivity contribution in [2.75, 3.05) is 0 Å². The maximum Gasteiger partial charge on any atom is 0.138 e. The Hall–Kier alpha value is -0.930. The van der Waals surface area contributed by atoms with Crippen LogP contribution in [-0.2, 0) is 5.54 Å². The van der Waals surface area contributed by atoms with Crippen LogP contribution in [0.5, 0.6) is 0 Å². The number of nitrogens with zero attached hydrogens (tertiary/aromatic N) is 4. The molecule has 0 N–H and O–H groups in total. The van der Waals surface area contributed by atoms with Gasteiger partial charge in [-0.05, 0) is 29.7 Å². The highest BCUT2D eigenvalue weighted by Gasteiger charge is 2.28. The largest absolute Gasteiger partial charge is 0.226 e. The molecule has 1 aromatic rings. The van der Waals surface area contributed by atoms with Gasteiger partial charge in [0.05, 0.1) is 5.54 Å². The number of tetrazole rings is 1. The van der Waals surface area contributed by atoms with Gasteiger partial charge in [0.15, 0.2) is 0 Å². The van der Waals surface area contributed by atoms with Crippen molar-refractivity contribution in [3.05, 3.63) is 6.33 Å². The first-order valence-electron chi connectivity index (χ1n) is 10.0. The van der Waals surface area contributed by atoms with Crippen LogP contribution in [0.1, 0.15) is 111 Å². The summed E-state index contributed by atoms with van der Waals surface area (Å²) in [5.41, 5.74) is 0.128. The van der Waals surface area contributed by atoms with Crippen LogP contribution in [0.2, 0.25) is 0 Å². The van der Waals surface area contributed by atoms with Crippen molar-refractivity contribution in [2.24, 2.45) is 0 Å². The van der Waals surface area contributed by atoms with E-state index < -0.39 is 0 Å². The Kier molecular flexibility index (Phi) is 10.9. The van der Waals surface area contributed by atoms with Crippen molar-refractivity contribution < 1.29 is 0 Å². The average Bonchev–Trinajstić information content (AvgIpc) is 3.12. The molecule has 0 spiro atoms. The molecule has 0 aliphatic carbocycles. The van der Waals surface area contributed by atoms with E-state index in [0.717, 1.165) is 12.8 Å². The van der Waals surface area contributed by atoms with E-state index in [9.17, 15) is 0 Å². The van der Waals surface area contributed by atoms with Crippen LogP contribution in [0.25, 0.3) is 0 Å². The SMILES string of the molecule is CCCCCCCCCCCCCC(CC)(CC)n1cnnn1. The van der Waals surface area contributed by atoms with Gasteiger partial charge >= 0.3 is 0 Å². The van der Waals surface area contributed by atoms with Gasteiger partial charge in [-0.15, -0.1) is 5.10 Å². The summed E-state index contributed by atoms with van der Waals surface area (Å²) in [6.45, 7) is 6.79. The Balaban J connectivity index is 2.07. The summed E-state index contributed by atoms with van der Waals surface area (Å²) in [7, 11) is 0. The Morgan fingerprint density at radius 2 is 1.26 bits per heavy atom. The second-order valence-electron chi connectivity index (χ2n) is 6.97. The number of rotatable bonds is 15. The molecule has 0 aliphatic rings. The summed E-state index contributed by atoms with van der Waals surface area (Å²) in [6.07, 6.45) is 20.5. The number of unbranched alkanes of at least 4 members (excludes halogenated alkanes) is 10. The maximum absolute atomic E-state index is 4.16. The van der Waals surface area contributed by atoms with E-state index in [2.05, 4.69) is 36.3 Å². The second-order valence-corrected chi connectivity index (χ2v) is 6.97. The molecule has 23 heavy (non-hydrogen) atoms. The number of hydrogen-bond donors (Lipinski definition) is 0. The first kappa shape index (κ1) is 20.1. The number of hydrogen-bond acceptors (Lipinski definition) is 3.